The van der Waals surface area contributed by atoms with Gasteiger partial charge in [0, 0.05) is 46.0 Å². The van der Waals surface area contributed by atoms with Crippen molar-refractivity contribution in [3.63, 3.8) is 0 Å². The van der Waals surface area contributed by atoms with Crippen LogP contribution in [0.5, 0.6) is 0 Å². The Bertz CT molecular complexity index is 1200. The van der Waals surface area contributed by atoms with Crippen molar-refractivity contribution in [3.05, 3.63) is 23.3 Å². The summed E-state index contributed by atoms with van der Waals surface area (Å²) in [6.45, 7) is 12.6. The zero-order valence-electron chi connectivity index (χ0n) is 24.9. The van der Waals surface area contributed by atoms with Crippen LogP contribution in [0, 0.1) is 11.3 Å². The fraction of sp³-hybridized carbons (Fsp3) is 0.700. The molecular formula is C30H40O11. The van der Waals surface area contributed by atoms with E-state index < -0.39 is 82.9 Å². The van der Waals surface area contributed by atoms with E-state index in [1.807, 2.05) is 19.9 Å². The molecule has 0 aromatic rings. The van der Waals surface area contributed by atoms with Crippen LogP contribution in [0.4, 0.5) is 0 Å². The molecule has 226 valence electrons. The first-order chi connectivity index (χ1) is 19.1. The van der Waals surface area contributed by atoms with Crippen molar-refractivity contribution < 1.29 is 52.4 Å². The van der Waals surface area contributed by atoms with Crippen molar-refractivity contribution in [2.75, 3.05) is 0 Å². The van der Waals surface area contributed by atoms with Gasteiger partial charge in [-0.2, -0.15) is 0 Å². The zero-order chi connectivity index (χ0) is 30.5. The van der Waals surface area contributed by atoms with E-state index in [0.29, 0.717) is 12.0 Å². The molecule has 1 spiro atoms. The Hall–Kier alpha value is -3.21. The van der Waals surface area contributed by atoms with Gasteiger partial charge in [0.15, 0.2) is 17.3 Å². The zero-order valence-corrected chi connectivity index (χ0v) is 24.9. The van der Waals surface area contributed by atoms with Gasteiger partial charge in [0.2, 0.25) is 0 Å². The van der Waals surface area contributed by atoms with E-state index >= 15 is 0 Å². The molecule has 2 aliphatic heterocycles. The van der Waals surface area contributed by atoms with E-state index in [0.717, 1.165) is 5.57 Å². The van der Waals surface area contributed by atoms with Gasteiger partial charge in [-0.15, -0.1) is 0 Å². The average Bonchev–Trinajstić information content (AvgIpc) is 3.44. The molecule has 2 saturated heterocycles. The summed E-state index contributed by atoms with van der Waals surface area (Å²) in [6.07, 6.45) is -0.419. The van der Waals surface area contributed by atoms with Crippen LogP contribution in [0.15, 0.2) is 23.3 Å². The summed E-state index contributed by atoms with van der Waals surface area (Å²) in [7, 11) is 0. The van der Waals surface area contributed by atoms with Gasteiger partial charge in [-0.25, -0.2) is 4.79 Å². The Kier molecular flexibility index (Phi) is 8.16. The highest BCUT2D eigenvalue weighted by atomic mass is 16.7. The van der Waals surface area contributed by atoms with Gasteiger partial charge in [-0.1, -0.05) is 31.1 Å². The maximum absolute atomic E-state index is 13.1. The normalized spacial score (nSPS) is 40.6. The fourth-order valence-corrected chi connectivity index (χ4v) is 7.12. The standard InChI is InChI=1S/C30H40O11/c1-9-10-23(34)39-20-13-15(2)14-22-30(29(8,41-30)27(35)40-22)26(38-19(6)33)24-16(3)11-12-21(36-17(4)31)28(24,7)25(20)37-18(5)32/h11,14,20-22,24-26H,9-10,12-13H2,1-8H3/b15-14-/t20-,21-,22-,24+,25-,26?,28-,29-,30-/m0/s1. The molecule has 11 heteroatoms. The average molecular weight is 577 g/mol. The molecule has 0 radical (unpaired) electrons. The van der Waals surface area contributed by atoms with Gasteiger partial charge in [-0.05, 0) is 33.3 Å². The Morgan fingerprint density at radius 3 is 2.12 bits per heavy atom. The summed E-state index contributed by atoms with van der Waals surface area (Å²) in [5, 5.41) is 0. The molecule has 41 heavy (non-hydrogen) atoms. The Labute approximate surface area is 239 Å². The SMILES string of the molecule is CCCC(=O)O[C@H]1C/C(C)=C\[C@@H]2OC(=O)[C@]3(C)O[C@]23C(OC(C)=O)[C@H]2C(C)=CC[C@H](OC(C)=O)[C@]2(C)[C@H]1OC(C)=O. The summed E-state index contributed by atoms with van der Waals surface area (Å²) in [5.41, 5.74) is -2.72. The monoisotopic (exact) mass is 576 g/mol. The number of carbonyl (C=O) groups excluding carboxylic acids is 5. The molecule has 4 aliphatic rings. The number of carbonyl (C=O) groups is 5. The van der Waals surface area contributed by atoms with Gasteiger partial charge in [0.05, 0.1) is 5.41 Å². The number of ether oxygens (including phenoxy) is 6. The van der Waals surface area contributed by atoms with Crippen molar-refractivity contribution in [2.45, 2.75) is 123 Å². The molecule has 0 N–H and O–H groups in total. The van der Waals surface area contributed by atoms with Crippen molar-refractivity contribution in [3.8, 4) is 0 Å². The number of fused-ring (bicyclic) bond motifs is 1. The van der Waals surface area contributed by atoms with Gasteiger partial charge >= 0.3 is 29.8 Å². The predicted molar refractivity (Wildman–Crippen MR) is 142 cm³/mol. The highest BCUT2D eigenvalue weighted by molar-refractivity contribution is 5.89. The number of esters is 5. The second kappa shape index (κ2) is 10.9. The highest BCUT2D eigenvalue weighted by Gasteiger charge is 2.87. The van der Waals surface area contributed by atoms with E-state index in [9.17, 15) is 24.0 Å². The van der Waals surface area contributed by atoms with E-state index in [1.165, 1.54) is 20.8 Å². The van der Waals surface area contributed by atoms with Crippen molar-refractivity contribution >= 4 is 29.8 Å². The van der Waals surface area contributed by atoms with Gasteiger partial charge < -0.3 is 28.4 Å². The molecule has 9 atom stereocenters. The predicted octanol–water partition coefficient (Wildman–Crippen LogP) is 3.27. The fourth-order valence-electron chi connectivity index (χ4n) is 7.12. The summed E-state index contributed by atoms with van der Waals surface area (Å²) < 4.78 is 35.9. The van der Waals surface area contributed by atoms with Crippen molar-refractivity contribution in [1.82, 2.24) is 0 Å². The molecule has 0 aromatic heterocycles. The first kappa shape index (κ1) is 30.7. The minimum absolute atomic E-state index is 0.129. The summed E-state index contributed by atoms with van der Waals surface area (Å²) in [5.74, 6) is -3.72. The van der Waals surface area contributed by atoms with Crippen LogP contribution in [0.25, 0.3) is 0 Å². The molecule has 0 saturated carbocycles. The molecular weight excluding hydrogens is 536 g/mol. The van der Waals surface area contributed by atoms with E-state index in [2.05, 4.69) is 0 Å². The van der Waals surface area contributed by atoms with E-state index in [-0.39, 0.29) is 19.3 Å². The van der Waals surface area contributed by atoms with Crippen LogP contribution in [-0.4, -0.2) is 71.6 Å². The van der Waals surface area contributed by atoms with Gasteiger partial charge in [0.1, 0.15) is 24.4 Å². The minimum Gasteiger partial charge on any atom is -0.461 e. The first-order valence-corrected chi connectivity index (χ1v) is 14.1. The summed E-state index contributed by atoms with van der Waals surface area (Å²) >= 11 is 0. The molecule has 2 aliphatic carbocycles. The lowest BCUT2D eigenvalue weighted by Gasteiger charge is -2.54. The molecule has 0 amide bonds. The molecule has 2 fully saturated rings. The maximum Gasteiger partial charge on any atom is 0.342 e. The summed E-state index contributed by atoms with van der Waals surface area (Å²) in [4.78, 5) is 63.7. The highest BCUT2D eigenvalue weighted by Crippen LogP contribution is 2.65. The Morgan fingerprint density at radius 1 is 0.951 bits per heavy atom. The number of hydrogen-bond donors (Lipinski definition) is 0. The van der Waals surface area contributed by atoms with Gasteiger partial charge in [0.25, 0.3) is 0 Å². The number of epoxide rings is 1. The van der Waals surface area contributed by atoms with Crippen LogP contribution in [-0.2, 0) is 52.4 Å². The van der Waals surface area contributed by atoms with Crippen molar-refractivity contribution in [2.24, 2.45) is 11.3 Å². The third-order valence-corrected chi connectivity index (χ3v) is 8.90. The Balaban J connectivity index is 2.03. The Morgan fingerprint density at radius 2 is 1.56 bits per heavy atom. The van der Waals surface area contributed by atoms with E-state index in [1.54, 1.807) is 26.8 Å². The lowest BCUT2D eigenvalue weighted by molar-refractivity contribution is -0.214. The number of rotatable bonds is 6. The van der Waals surface area contributed by atoms with Crippen LogP contribution in [0.2, 0.25) is 0 Å². The molecule has 1 unspecified atom stereocenters. The van der Waals surface area contributed by atoms with Crippen molar-refractivity contribution in [1.29, 1.82) is 0 Å². The van der Waals surface area contributed by atoms with E-state index in [4.69, 9.17) is 28.4 Å². The lowest BCUT2D eigenvalue weighted by atomic mass is 9.56. The summed E-state index contributed by atoms with van der Waals surface area (Å²) in [6, 6.07) is 0. The van der Waals surface area contributed by atoms with Crippen LogP contribution in [0.3, 0.4) is 0 Å². The second-order valence-corrected chi connectivity index (χ2v) is 11.9. The first-order valence-electron chi connectivity index (χ1n) is 14.1. The maximum atomic E-state index is 13.1. The quantitative estimate of drug-likeness (QED) is 0.199. The topological polar surface area (TPSA) is 144 Å². The molecule has 4 rings (SSSR count). The van der Waals surface area contributed by atoms with Crippen LogP contribution < -0.4 is 0 Å². The third-order valence-electron chi connectivity index (χ3n) is 8.90. The van der Waals surface area contributed by atoms with Gasteiger partial charge in [-0.3, -0.25) is 19.2 Å². The van der Waals surface area contributed by atoms with Crippen LogP contribution in [0.1, 0.15) is 81.1 Å². The van der Waals surface area contributed by atoms with Crippen LogP contribution >= 0.6 is 0 Å². The largest absolute Gasteiger partial charge is 0.461 e. The molecule has 0 aromatic carbocycles. The molecule has 11 nitrogen and oxygen atoms in total. The smallest absolute Gasteiger partial charge is 0.342 e. The third kappa shape index (κ3) is 5.06. The number of hydrogen-bond acceptors (Lipinski definition) is 11. The lowest BCUT2D eigenvalue weighted by Crippen LogP contribution is -2.64. The second-order valence-electron chi connectivity index (χ2n) is 11.9. The molecule has 0 bridgehead atoms. The molecule has 2 heterocycles. The minimum atomic E-state index is -1.41.